The third kappa shape index (κ3) is 4.03. The van der Waals surface area contributed by atoms with Gasteiger partial charge in [0, 0.05) is 0 Å². The van der Waals surface area contributed by atoms with E-state index in [1.807, 2.05) is 12.2 Å². The van der Waals surface area contributed by atoms with Crippen molar-refractivity contribution in [1.29, 1.82) is 0 Å². The van der Waals surface area contributed by atoms with Crippen LogP contribution in [0.2, 0.25) is 0 Å². The van der Waals surface area contributed by atoms with Crippen molar-refractivity contribution in [2.75, 3.05) is 6.61 Å². The average molecular weight is 236 g/mol. The number of allylic oxidation sites excluding steroid dienone is 2. The van der Waals surface area contributed by atoms with Crippen LogP contribution in [0.3, 0.4) is 0 Å². The number of hydrogen-bond donors (Lipinski definition) is 0. The van der Waals surface area contributed by atoms with Crippen LogP contribution in [0.4, 0.5) is 0 Å². The van der Waals surface area contributed by atoms with Gasteiger partial charge in [-0.15, -0.1) is 0 Å². The van der Waals surface area contributed by atoms with Crippen LogP contribution in [-0.2, 0) is 9.53 Å². The summed E-state index contributed by atoms with van der Waals surface area (Å²) in [6.45, 7) is 6.33. The van der Waals surface area contributed by atoms with E-state index in [1.54, 1.807) is 6.08 Å². The fraction of sp³-hybridized carbons (Fsp3) is 0.667. The molecular weight excluding hydrogens is 212 g/mol. The number of carbonyl (C=O) groups is 1. The summed E-state index contributed by atoms with van der Waals surface area (Å²) in [5, 5.41) is 0. The summed E-state index contributed by atoms with van der Waals surface area (Å²) in [5.74, 6) is -0.0382. The highest BCUT2D eigenvalue weighted by Crippen LogP contribution is 2.38. The van der Waals surface area contributed by atoms with Gasteiger partial charge >= 0.3 is 5.97 Å². The Kier molecular flexibility index (Phi) is 6.03. The van der Waals surface area contributed by atoms with Crippen molar-refractivity contribution >= 4 is 5.97 Å². The lowest BCUT2D eigenvalue weighted by atomic mass is 9.74. The van der Waals surface area contributed by atoms with Crippen molar-refractivity contribution in [3.63, 3.8) is 0 Å². The molecule has 1 rings (SSSR count). The maximum Gasteiger partial charge on any atom is 0.315 e. The van der Waals surface area contributed by atoms with Crippen molar-refractivity contribution in [1.82, 2.24) is 0 Å². The molecular formula is C15H24O2. The van der Waals surface area contributed by atoms with Gasteiger partial charge in [0.15, 0.2) is 0 Å². The number of ether oxygens (including phenoxy) is 1. The summed E-state index contributed by atoms with van der Waals surface area (Å²) >= 11 is 0. The zero-order valence-corrected chi connectivity index (χ0v) is 10.9. The standard InChI is InChI=1S/C15H24O2/c1-3-5-10-15(11-8-7-9-12-15)14(16)17-13-6-4-2/h3,5,10H,1,4,6-9,11-13H2,2H3/b10-5+. The third-order valence-corrected chi connectivity index (χ3v) is 3.43. The Hall–Kier alpha value is -1.05. The molecule has 0 N–H and O–H groups in total. The minimum atomic E-state index is -0.375. The average Bonchev–Trinajstić information content (AvgIpc) is 2.37. The number of hydrogen-bond acceptors (Lipinski definition) is 2. The summed E-state index contributed by atoms with van der Waals surface area (Å²) in [6, 6.07) is 0. The molecule has 17 heavy (non-hydrogen) atoms. The number of unbranched alkanes of at least 4 members (excludes halogenated alkanes) is 1. The van der Waals surface area contributed by atoms with Crippen LogP contribution in [0.1, 0.15) is 51.9 Å². The van der Waals surface area contributed by atoms with Gasteiger partial charge in [0.05, 0.1) is 12.0 Å². The van der Waals surface area contributed by atoms with Crippen LogP contribution < -0.4 is 0 Å². The number of carbonyl (C=O) groups excluding carboxylic acids is 1. The van der Waals surface area contributed by atoms with Crippen molar-refractivity contribution in [3.05, 3.63) is 24.8 Å². The number of esters is 1. The highest BCUT2D eigenvalue weighted by molar-refractivity contribution is 5.79. The first-order chi connectivity index (χ1) is 8.25. The molecule has 0 saturated heterocycles. The zero-order valence-electron chi connectivity index (χ0n) is 10.9. The molecule has 0 aromatic heterocycles. The zero-order chi connectivity index (χ0) is 12.6. The molecule has 1 saturated carbocycles. The normalized spacial score (nSPS) is 19.1. The van der Waals surface area contributed by atoms with Crippen LogP contribution in [0.5, 0.6) is 0 Å². The summed E-state index contributed by atoms with van der Waals surface area (Å²) in [5.41, 5.74) is -0.375. The summed E-state index contributed by atoms with van der Waals surface area (Å²) in [4.78, 5) is 12.2. The Morgan fingerprint density at radius 1 is 1.35 bits per heavy atom. The molecule has 0 radical (unpaired) electrons. The van der Waals surface area contributed by atoms with E-state index < -0.39 is 0 Å². The van der Waals surface area contributed by atoms with Crippen LogP contribution in [0.15, 0.2) is 24.8 Å². The minimum absolute atomic E-state index is 0.0382. The van der Waals surface area contributed by atoms with Crippen LogP contribution in [0, 0.1) is 5.41 Å². The second-order valence-electron chi connectivity index (χ2n) is 4.80. The van der Waals surface area contributed by atoms with Gasteiger partial charge in [-0.25, -0.2) is 0 Å². The van der Waals surface area contributed by atoms with Gasteiger partial charge in [0.1, 0.15) is 0 Å². The van der Waals surface area contributed by atoms with E-state index in [-0.39, 0.29) is 11.4 Å². The van der Waals surface area contributed by atoms with Gasteiger partial charge < -0.3 is 4.74 Å². The molecule has 96 valence electrons. The number of rotatable bonds is 6. The monoisotopic (exact) mass is 236 g/mol. The lowest BCUT2D eigenvalue weighted by Gasteiger charge is -2.32. The fourth-order valence-electron chi connectivity index (χ4n) is 2.33. The van der Waals surface area contributed by atoms with E-state index in [9.17, 15) is 4.79 Å². The van der Waals surface area contributed by atoms with Crippen LogP contribution in [0.25, 0.3) is 0 Å². The summed E-state index contributed by atoms with van der Waals surface area (Å²) in [6.07, 6.45) is 12.9. The van der Waals surface area contributed by atoms with Crippen molar-refractivity contribution in [2.24, 2.45) is 5.41 Å². The largest absolute Gasteiger partial charge is 0.465 e. The molecule has 1 aliphatic carbocycles. The molecule has 0 unspecified atom stereocenters. The van der Waals surface area contributed by atoms with E-state index in [1.165, 1.54) is 6.42 Å². The van der Waals surface area contributed by atoms with Crippen molar-refractivity contribution in [2.45, 2.75) is 51.9 Å². The second kappa shape index (κ2) is 7.31. The highest BCUT2D eigenvalue weighted by Gasteiger charge is 2.38. The molecule has 0 amide bonds. The van der Waals surface area contributed by atoms with E-state index in [2.05, 4.69) is 13.5 Å². The van der Waals surface area contributed by atoms with Crippen molar-refractivity contribution < 1.29 is 9.53 Å². The summed E-state index contributed by atoms with van der Waals surface area (Å²) in [7, 11) is 0. The molecule has 2 nitrogen and oxygen atoms in total. The maximum absolute atomic E-state index is 12.2. The van der Waals surface area contributed by atoms with E-state index in [0.717, 1.165) is 38.5 Å². The fourth-order valence-corrected chi connectivity index (χ4v) is 2.33. The van der Waals surface area contributed by atoms with Crippen LogP contribution >= 0.6 is 0 Å². The van der Waals surface area contributed by atoms with Gasteiger partial charge in [-0.3, -0.25) is 4.79 Å². The highest BCUT2D eigenvalue weighted by atomic mass is 16.5. The van der Waals surface area contributed by atoms with Gasteiger partial charge in [-0.05, 0) is 19.3 Å². The van der Waals surface area contributed by atoms with Crippen LogP contribution in [-0.4, -0.2) is 12.6 Å². The molecule has 0 aromatic rings. The molecule has 0 spiro atoms. The molecule has 0 bridgehead atoms. The summed E-state index contributed by atoms with van der Waals surface area (Å²) < 4.78 is 5.40. The van der Waals surface area contributed by atoms with E-state index >= 15 is 0 Å². The minimum Gasteiger partial charge on any atom is -0.465 e. The van der Waals surface area contributed by atoms with E-state index in [0.29, 0.717) is 6.61 Å². The lowest BCUT2D eigenvalue weighted by molar-refractivity contribution is -0.154. The first-order valence-corrected chi connectivity index (χ1v) is 6.72. The van der Waals surface area contributed by atoms with Crippen molar-refractivity contribution in [3.8, 4) is 0 Å². The first-order valence-electron chi connectivity index (χ1n) is 6.72. The SMILES string of the molecule is C=C/C=C/C1(C(=O)OCCCC)CCCCC1. The van der Waals surface area contributed by atoms with Gasteiger partial charge in [-0.2, -0.15) is 0 Å². The quantitative estimate of drug-likeness (QED) is 0.395. The molecule has 2 heteroatoms. The second-order valence-corrected chi connectivity index (χ2v) is 4.80. The van der Waals surface area contributed by atoms with E-state index in [4.69, 9.17) is 4.74 Å². The smallest absolute Gasteiger partial charge is 0.315 e. The Morgan fingerprint density at radius 2 is 2.06 bits per heavy atom. The van der Waals surface area contributed by atoms with Gasteiger partial charge in [0.25, 0.3) is 0 Å². The third-order valence-electron chi connectivity index (χ3n) is 3.43. The molecule has 0 aliphatic heterocycles. The van der Waals surface area contributed by atoms with Gasteiger partial charge in [-0.1, -0.05) is 57.4 Å². The molecule has 0 heterocycles. The molecule has 1 fully saturated rings. The predicted octanol–water partition coefficient (Wildman–Crippen LogP) is 4.02. The maximum atomic E-state index is 12.2. The Balaban J connectivity index is 2.64. The van der Waals surface area contributed by atoms with Gasteiger partial charge in [0.2, 0.25) is 0 Å². The topological polar surface area (TPSA) is 26.3 Å². The molecule has 1 aliphatic rings. The Labute approximate surface area is 105 Å². The first kappa shape index (κ1) is 14.0. The Bertz CT molecular complexity index is 273. The lowest BCUT2D eigenvalue weighted by Crippen LogP contribution is -2.33. The predicted molar refractivity (Wildman–Crippen MR) is 70.7 cm³/mol. The Morgan fingerprint density at radius 3 is 2.65 bits per heavy atom. The molecule has 0 atom stereocenters. The molecule has 0 aromatic carbocycles.